The Balaban J connectivity index is 1.37. The third-order valence-corrected chi connectivity index (χ3v) is 5.92. The highest BCUT2D eigenvalue weighted by molar-refractivity contribution is 8.18. The van der Waals surface area contributed by atoms with Crippen LogP contribution in [0.2, 0.25) is 0 Å². The molecule has 28 heavy (non-hydrogen) atoms. The molecule has 2 aromatic rings. The molecular formula is C21H24N4O2S. The minimum Gasteiger partial charge on any atom is -0.486 e. The number of thioether (sulfide) groups is 1. The van der Waals surface area contributed by atoms with Crippen LogP contribution in [0.1, 0.15) is 43.5 Å². The Morgan fingerprint density at radius 2 is 2.07 bits per heavy atom. The predicted molar refractivity (Wildman–Crippen MR) is 112 cm³/mol. The lowest BCUT2D eigenvalue weighted by atomic mass is 9.96. The van der Waals surface area contributed by atoms with Gasteiger partial charge in [0.25, 0.3) is 5.91 Å². The third kappa shape index (κ3) is 4.65. The van der Waals surface area contributed by atoms with E-state index in [0.29, 0.717) is 17.6 Å². The molecule has 0 bridgehead atoms. The van der Waals surface area contributed by atoms with E-state index in [-0.39, 0.29) is 5.91 Å². The normalized spacial score (nSPS) is 20.7. The van der Waals surface area contributed by atoms with E-state index in [4.69, 9.17) is 9.73 Å². The number of aliphatic imine (C=N–C) groups is 1. The van der Waals surface area contributed by atoms with Crippen molar-refractivity contribution in [1.82, 2.24) is 14.9 Å². The first kappa shape index (κ1) is 18.8. The highest BCUT2D eigenvalue weighted by Gasteiger charge is 2.25. The minimum atomic E-state index is -0.0744. The van der Waals surface area contributed by atoms with Gasteiger partial charge in [-0.05, 0) is 48.4 Å². The number of nitrogens with one attached hydrogen (secondary N) is 1. The van der Waals surface area contributed by atoms with Gasteiger partial charge in [0.15, 0.2) is 5.17 Å². The monoisotopic (exact) mass is 396 g/mol. The molecule has 2 aliphatic rings. The molecule has 1 aliphatic heterocycles. The summed E-state index contributed by atoms with van der Waals surface area (Å²) in [7, 11) is 1.94. The molecule has 1 saturated carbocycles. The fraction of sp³-hybridized carbons (Fsp3) is 0.381. The Morgan fingerprint density at radius 3 is 2.79 bits per heavy atom. The van der Waals surface area contributed by atoms with Crippen LogP contribution in [0, 0.1) is 0 Å². The zero-order valence-electron chi connectivity index (χ0n) is 15.9. The van der Waals surface area contributed by atoms with Gasteiger partial charge in [-0.1, -0.05) is 31.4 Å². The van der Waals surface area contributed by atoms with Crippen LogP contribution in [-0.4, -0.2) is 26.7 Å². The van der Waals surface area contributed by atoms with Crippen LogP contribution >= 0.6 is 11.8 Å². The maximum absolute atomic E-state index is 12.2. The van der Waals surface area contributed by atoms with Crippen molar-refractivity contribution < 1.29 is 9.53 Å². The number of nitrogens with zero attached hydrogens (tertiary/aromatic N) is 3. The first-order chi connectivity index (χ1) is 13.7. The summed E-state index contributed by atoms with van der Waals surface area (Å²) in [6, 6.07) is 8.06. The number of hydrogen-bond donors (Lipinski definition) is 1. The average molecular weight is 397 g/mol. The first-order valence-corrected chi connectivity index (χ1v) is 10.5. The molecule has 1 N–H and O–H groups in total. The van der Waals surface area contributed by atoms with E-state index in [0.717, 1.165) is 35.1 Å². The highest BCUT2D eigenvalue weighted by Crippen LogP contribution is 2.29. The molecule has 4 rings (SSSR count). The van der Waals surface area contributed by atoms with Crippen LogP contribution in [0.4, 0.5) is 0 Å². The van der Waals surface area contributed by atoms with E-state index in [1.54, 1.807) is 6.20 Å². The Labute approximate surface area is 169 Å². The lowest BCUT2D eigenvalue weighted by Gasteiger charge is -2.17. The summed E-state index contributed by atoms with van der Waals surface area (Å²) in [6.07, 6.45) is 11.6. The summed E-state index contributed by atoms with van der Waals surface area (Å²) in [6.45, 7) is 0.420. The number of ether oxygens (including phenoxy) is 1. The van der Waals surface area contributed by atoms with Gasteiger partial charge in [-0.15, -0.1) is 0 Å². The molecule has 2 heterocycles. The molecule has 1 aliphatic carbocycles. The van der Waals surface area contributed by atoms with Gasteiger partial charge in [-0.25, -0.2) is 4.98 Å². The van der Waals surface area contributed by atoms with Crippen LogP contribution in [-0.2, 0) is 18.4 Å². The summed E-state index contributed by atoms with van der Waals surface area (Å²) < 4.78 is 7.70. The van der Waals surface area contributed by atoms with Crippen molar-refractivity contribution in [3.05, 3.63) is 53.0 Å². The van der Waals surface area contributed by atoms with Crippen LogP contribution < -0.4 is 10.1 Å². The standard InChI is InChI=1S/C21H24N4O2S/c1-25-12-11-22-19(25)14-27-17-9-7-15(8-10-17)13-18-20(26)24-21(28-18)23-16-5-3-2-4-6-16/h7-13,16H,2-6,14H2,1H3,(H,23,24,26)/b18-13+. The van der Waals surface area contributed by atoms with E-state index in [1.165, 1.54) is 31.0 Å². The quantitative estimate of drug-likeness (QED) is 0.779. The van der Waals surface area contributed by atoms with Crippen molar-refractivity contribution in [2.45, 2.75) is 44.8 Å². The smallest absolute Gasteiger partial charge is 0.264 e. The van der Waals surface area contributed by atoms with Gasteiger partial charge in [-0.2, -0.15) is 0 Å². The van der Waals surface area contributed by atoms with Gasteiger partial charge in [0.05, 0.1) is 10.9 Å². The number of aromatic nitrogens is 2. The Kier molecular flexibility index (Phi) is 5.81. The minimum absolute atomic E-state index is 0.0744. The van der Waals surface area contributed by atoms with E-state index in [9.17, 15) is 4.79 Å². The molecule has 1 amide bonds. The van der Waals surface area contributed by atoms with Crippen molar-refractivity contribution in [1.29, 1.82) is 0 Å². The molecule has 2 fully saturated rings. The lowest BCUT2D eigenvalue weighted by Crippen LogP contribution is -2.22. The SMILES string of the molecule is Cn1ccnc1COc1ccc(/C=C2/SC(=NC3CCCCC3)NC2=O)cc1. The number of rotatable bonds is 5. The molecule has 0 unspecified atom stereocenters. The molecule has 0 spiro atoms. The third-order valence-electron chi connectivity index (χ3n) is 4.99. The number of amidine groups is 1. The van der Waals surface area contributed by atoms with Crippen LogP contribution in [0.15, 0.2) is 46.6 Å². The van der Waals surface area contributed by atoms with Crippen molar-refractivity contribution in [3.63, 3.8) is 0 Å². The number of carbonyl (C=O) groups is 1. The summed E-state index contributed by atoms with van der Waals surface area (Å²) in [5, 5.41) is 3.63. The van der Waals surface area contributed by atoms with Crippen LogP contribution in [0.25, 0.3) is 6.08 Å². The second kappa shape index (κ2) is 8.65. The number of imidazole rings is 1. The molecule has 0 radical (unpaired) electrons. The summed E-state index contributed by atoms with van der Waals surface area (Å²) in [5.41, 5.74) is 0.959. The fourth-order valence-corrected chi connectivity index (χ4v) is 4.25. The Morgan fingerprint density at radius 1 is 1.29 bits per heavy atom. The Hall–Kier alpha value is -2.54. The summed E-state index contributed by atoms with van der Waals surface area (Å²) >= 11 is 1.43. The number of benzene rings is 1. The lowest BCUT2D eigenvalue weighted by molar-refractivity contribution is -0.115. The van der Waals surface area contributed by atoms with E-state index in [2.05, 4.69) is 10.3 Å². The van der Waals surface area contributed by atoms with Gasteiger partial charge in [0.2, 0.25) is 0 Å². The second-order valence-electron chi connectivity index (χ2n) is 7.10. The average Bonchev–Trinajstić information content (AvgIpc) is 3.27. The fourth-order valence-electron chi connectivity index (χ4n) is 3.36. The predicted octanol–water partition coefficient (Wildman–Crippen LogP) is 3.89. The first-order valence-electron chi connectivity index (χ1n) is 9.65. The molecule has 1 aromatic heterocycles. The maximum Gasteiger partial charge on any atom is 0.264 e. The zero-order chi connectivity index (χ0) is 19.3. The van der Waals surface area contributed by atoms with E-state index < -0.39 is 0 Å². The van der Waals surface area contributed by atoms with Gasteiger partial charge in [0, 0.05) is 19.4 Å². The molecule has 7 heteroatoms. The number of amides is 1. The molecule has 1 saturated heterocycles. The topological polar surface area (TPSA) is 68.5 Å². The van der Waals surface area contributed by atoms with Crippen molar-refractivity contribution in [2.24, 2.45) is 12.0 Å². The highest BCUT2D eigenvalue weighted by atomic mass is 32.2. The van der Waals surface area contributed by atoms with E-state index >= 15 is 0 Å². The van der Waals surface area contributed by atoms with Gasteiger partial charge < -0.3 is 14.6 Å². The molecule has 146 valence electrons. The van der Waals surface area contributed by atoms with Crippen molar-refractivity contribution in [2.75, 3.05) is 0 Å². The Bertz CT molecular complexity index is 895. The van der Waals surface area contributed by atoms with Crippen molar-refractivity contribution in [3.8, 4) is 5.75 Å². The number of carbonyl (C=O) groups excluding carboxylic acids is 1. The largest absolute Gasteiger partial charge is 0.486 e. The van der Waals surface area contributed by atoms with E-state index in [1.807, 2.05) is 48.2 Å². The number of aryl methyl sites for hydroxylation is 1. The van der Waals surface area contributed by atoms with Crippen molar-refractivity contribution >= 4 is 28.9 Å². The maximum atomic E-state index is 12.2. The van der Waals surface area contributed by atoms with Crippen LogP contribution in [0.5, 0.6) is 5.75 Å². The number of hydrogen-bond acceptors (Lipinski definition) is 5. The second-order valence-corrected chi connectivity index (χ2v) is 8.13. The van der Waals surface area contributed by atoms with Gasteiger partial charge in [0.1, 0.15) is 18.2 Å². The van der Waals surface area contributed by atoms with Crippen LogP contribution in [0.3, 0.4) is 0 Å². The zero-order valence-corrected chi connectivity index (χ0v) is 16.7. The summed E-state index contributed by atoms with van der Waals surface area (Å²) in [4.78, 5) is 21.9. The molecule has 6 nitrogen and oxygen atoms in total. The molecular weight excluding hydrogens is 372 g/mol. The van der Waals surface area contributed by atoms with Gasteiger partial charge in [-0.3, -0.25) is 9.79 Å². The molecule has 0 atom stereocenters. The summed E-state index contributed by atoms with van der Waals surface area (Å²) in [5.74, 6) is 1.57. The van der Waals surface area contributed by atoms with Gasteiger partial charge >= 0.3 is 0 Å². The molecule has 1 aromatic carbocycles.